The van der Waals surface area contributed by atoms with E-state index >= 15 is 0 Å². The summed E-state index contributed by atoms with van der Waals surface area (Å²) in [5.74, 6) is 0. The average molecular weight is 168 g/mol. The van der Waals surface area contributed by atoms with Crippen LogP contribution in [0.1, 0.15) is 0 Å². The van der Waals surface area contributed by atoms with Gasteiger partial charge in [-0.05, 0) is 11.4 Å². The van der Waals surface area contributed by atoms with Crippen LogP contribution < -0.4 is 10.2 Å². The summed E-state index contributed by atoms with van der Waals surface area (Å²) in [7, 11) is 0. The third kappa shape index (κ3) is 1.09. The molecule has 0 unspecified atom stereocenters. The molecule has 1 fully saturated rings. The quantitative estimate of drug-likeness (QED) is 0.673. The molecule has 0 aromatic carbocycles. The Morgan fingerprint density at radius 3 is 3.09 bits per heavy atom. The van der Waals surface area contributed by atoms with Gasteiger partial charge in [-0.2, -0.15) is 11.3 Å². The smallest absolute Gasteiger partial charge is 0.322 e. The second-order valence-corrected chi connectivity index (χ2v) is 3.15. The van der Waals surface area contributed by atoms with Crippen molar-refractivity contribution in [2.24, 2.45) is 0 Å². The maximum atomic E-state index is 11.1. The molecule has 2 rings (SSSR count). The topological polar surface area (TPSA) is 32.3 Å². The molecule has 0 radical (unpaired) electrons. The number of nitrogens with one attached hydrogen (secondary N) is 1. The molecule has 4 heteroatoms. The first-order chi connectivity index (χ1) is 5.38. The number of hydrogen-bond donors (Lipinski definition) is 1. The summed E-state index contributed by atoms with van der Waals surface area (Å²) in [5, 5.41) is 6.70. The van der Waals surface area contributed by atoms with Gasteiger partial charge in [0.25, 0.3) is 0 Å². The lowest BCUT2D eigenvalue weighted by Crippen LogP contribution is -2.27. The van der Waals surface area contributed by atoms with Crippen molar-refractivity contribution in [3.63, 3.8) is 0 Å². The van der Waals surface area contributed by atoms with Gasteiger partial charge >= 0.3 is 6.03 Å². The number of carbonyl (C=O) groups excluding carboxylic acids is 1. The van der Waals surface area contributed by atoms with Crippen LogP contribution >= 0.6 is 11.3 Å². The average Bonchev–Trinajstić information content (AvgIpc) is 2.55. The zero-order valence-corrected chi connectivity index (χ0v) is 6.73. The summed E-state index contributed by atoms with van der Waals surface area (Å²) < 4.78 is 0. The normalized spacial score (nSPS) is 17.1. The molecule has 2 amide bonds. The molecular weight excluding hydrogens is 160 g/mol. The van der Waals surface area contributed by atoms with Crippen molar-refractivity contribution >= 4 is 23.1 Å². The predicted octanol–water partition coefficient (Wildman–Crippen LogP) is 1.28. The molecule has 0 spiro atoms. The van der Waals surface area contributed by atoms with Gasteiger partial charge in [0.15, 0.2) is 0 Å². The molecule has 3 nitrogen and oxygen atoms in total. The number of nitrogens with zero attached hydrogens (tertiary/aromatic N) is 1. The van der Waals surface area contributed by atoms with Crippen LogP contribution in [-0.4, -0.2) is 19.1 Å². The molecule has 1 aromatic heterocycles. The fourth-order valence-corrected chi connectivity index (χ4v) is 1.77. The van der Waals surface area contributed by atoms with Crippen LogP contribution in [0.5, 0.6) is 0 Å². The monoisotopic (exact) mass is 168 g/mol. The van der Waals surface area contributed by atoms with Gasteiger partial charge in [0.1, 0.15) is 0 Å². The predicted molar refractivity (Wildman–Crippen MR) is 45.1 cm³/mol. The second-order valence-electron chi connectivity index (χ2n) is 2.37. The molecule has 1 saturated heterocycles. The highest BCUT2D eigenvalue weighted by Gasteiger charge is 2.20. The van der Waals surface area contributed by atoms with E-state index in [1.165, 1.54) is 0 Å². The Balaban J connectivity index is 2.23. The van der Waals surface area contributed by atoms with E-state index in [-0.39, 0.29) is 6.03 Å². The van der Waals surface area contributed by atoms with Crippen LogP contribution in [0.3, 0.4) is 0 Å². The zero-order valence-electron chi connectivity index (χ0n) is 5.91. The number of thiophene rings is 1. The van der Waals surface area contributed by atoms with Crippen molar-refractivity contribution < 1.29 is 4.79 Å². The Bertz CT molecular complexity index is 257. The fraction of sp³-hybridized carbons (Fsp3) is 0.286. The number of amides is 2. The van der Waals surface area contributed by atoms with Gasteiger partial charge in [-0.15, -0.1) is 0 Å². The van der Waals surface area contributed by atoms with Crippen LogP contribution in [0, 0.1) is 0 Å². The van der Waals surface area contributed by atoms with E-state index in [9.17, 15) is 4.79 Å². The van der Waals surface area contributed by atoms with Crippen molar-refractivity contribution in [1.29, 1.82) is 0 Å². The highest BCUT2D eigenvalue weighted by Crippen LogP contribution is 2.19. The minimum Gasteiger partial charge on any atom is -0.336 e. The lowest BCUT2D eigenvalue weighted by Gasteiger charge is -2.10. The van der Waals surface area contributed by atoms with E-state index in [0.29, 0.717) is 0 Å². The van der Waals surface area contributed by atoms with Crippen molar-refractivity contribution in [2.45, 2.75) is 0 Å². The molecule has 0 atom stereocenters. The van der Waals surface area contributed by atoms with Gasteiger partial charge < -0.3 is 5.32 Å². The lowest BCUT2D eigenvalue weighted by molar-refractivity contribution is 0.252. The van der Waals surface area contributed by atoms with E-state index in [0.717, 1.165) is 18.8 Å². The number of carbonyl (C=O) groups is 1. The van der Waals surface area contributed by atoms with Gasteiger partial charge in [0.2, 0.25) is 0 Å². The number of anilines is 1. The van der Waals surface area contributed by atoms with E-state index in [2.05, 4.69) is 5.32 Å². The largest absolute Gasteiger partial charge is 0.336 e. The highest BCUT2D eigenvalue weighted by molar-refractivity contribution is 7.08. The minimum atomic E-state index is 0.0170. The molecule has 11 heavy (non-hydrogen) atoms. The van der Waals surface area contributed by atoms with Gasteiger partial charge in [-0.1, -0.05) is 0 Å². The Morgan fingerprint density at radius 2 is 2.55 bits per heavy atom. The lowest BCUT2D eigenvalue weighted by atomic mass is 10.4. The van der Waals surface area contributed by atoms with Gasteiger partial charge in [0, 0.05) is 18.5 Å². The molecule has 58 valence electrons. The molecular formula is C7H8N2OS. The van der Waals surface area contributed by atoms with Crippen LogP contribution in [0.2, 0.25) is 0 Å². The summed E-state index contributed by atoms with van der Waals surface area (Å²) in [6.45, 7) is 1.55. The van der Waals surface area contributed by atoms with Gasteiger partial charge in [0.05, 0.1) is 5.69 Å². The molecule has 0 saturated carbocycles. The van der Waals surface area contributed by atoms with E-state index in [1.54, 1.807) is 16.2 Å². The van der Waals surface area contributed by atoms with E-state index < -0.39 is 0 Å². The standard InChI is InChI=1S/C7H8N2OS/c10-7-8-2-3-9(7)6-1-4-11-5-6/h1,4-5H,2-3H2,(H,8,10). The first-order valence-electron chi connectivity index (χ1n) is 3.45. The SMILES string of the molecule is O=C1NCCN1c1ccsc1. The molecule has 1 N–H and O–H groups in total. The summed E-state index contributed by atoms with van der Waals surface area (Å²) in [6.07, 6.45) is 0. The summed E-state index contributed by atoms with van der Waals surface area (Å²) in [4.78, 5) is 12.8. The van der Waals surface area contributed by atoms with Gasteiger partial charge in [-0.3, -0.25) is 4.90 Å². The number of rotatable bonds is 1. The fourth-order valence-electron chi connectivity index (χ4n) is 1.13. The van der Waals surface area contributed by atoms with Crippen molar-refractivity contribution in [2.75, 3.05) is 18.0 Å². The third-order valence-corrected chi connectivity index (χ3v) is 2.35. The Morgan fingerprint density at radius 1 is 1.64 bits per heavy atom. The van der Waals surface area contributed by atoms with Crippen LogP contribution in [0.15, 0.2) is 16.8 Å². The zero-order chi connectivity index (χ0) is 7.68. The summed E-state index contributed by atoms with van der Waals surface area (Å²) >= 11 is 1.61. The molecule has 1 aliphatic rings. The summed E-state index contributed by atoms with van der Waals surface area (Å²) in [6, 6.07) is 1.97. The minimum absolute atomic E-state index is 0.0170. The molecule has 2 heterocycles. The Kier molecular flexibility index (Phi) is 1.54. The van der Waals surface area contributed by atoms with Crippen molar-refractivity contribution in [3.8, 4) is 0 Å². The van der Waals surface area contributed by atoms with Crippen LogP contribution in [-0.2, 0) is 0 Å². The third-order valence-electron chi connectivity index (χ3n) is 1.67. The Hall–Kier alpha value is -1.03. The molecule has 1 aromatic rings. The van der Waals surface area contributed by atoms with Crippen LogP contribution in [0.4, 0.5) is 10.5 Å². The van der Waals surface area contributed by atoms with E-state index in [4.69, 9.17) is 0 Å². The maximum absolute atomic E-state index is 11.1. The second kappa shape index (κ2) is 2.54. The first-order valence-corrected chi connectivity index (χ1v) is 4.40. The first kappa shape index (κ1) is 6.67. The maximum Gasteiger partial charge on any atom is 0.322 e. The van der Waals surface area contributed by atoms with Gasteiger partial charge in [-0.25, -0.2) is 4.79 Å². The number of hydrogen-bond acceptors (Lipinski definition) is 2. The molecule has 1 aliphatic heterocycles. The Labute approximate surface area is 68.6 Å². The highest BCUT2D eigenvalue weighted by atomic mass is 32.1. The van der Waals surface area contributed by atoms with Crippen molar-refractivity contribution in [1.82, 2.24) is 5.32 Å². The van der Waals surface area contributed by atoms with E-state index in [1.807, 2.05) is 16.8 Å². The van der Waals surface area contributed by atoms with Crippen LogP contribution in [0.25, 0.3) is 0 Å². The molecule has 0 bridgehead atoms. The number of urea groups is 1. The molecule has 0 aliphatic carbocycles. The van der Waals surface area contributed by atoms with Crippen molar-refractivity contribution in [3.05, 3.63) is 16.8 Å². The summed E-state index contributed by atoms with van der Waals surface area (Å²) in [5.41, 5.74) is 1.00.